The van der Waals surface area contributed by atoms with Crippen LogP contribution >= 0.6 is 11.3 Å². The molecule has 2 aromatic heterocycles. The maximum absolute atomic E-state index is 12.3. The Balaban J connectivity index is 1.86. The number of nitrogens with one attached hydrogen (secondary N) is 1. The second-order valence-corrected chi connectivity index (χ2v) is 7.50. The van der Waals surface area contributed by atoms with Crippen LogP contribution in [0.4, 0.5) is 0 Å². The third kappa shape index (κ3) is 5.97. The molecule has 0 aliphatic rings. The Kier molecular flexibility index (Phi) is 6.30. The van der Waals surface area contributed by atoms with E-state index < -0.39 is 0 Å². The number of carbonyl (C=O) groups excluding carboxylic acids is 2. The Labute approximate surface area is 151 Å². The van der Waals surface area contributed by atoms with E-state index in [4.69, 9.17) is 4.42 Å². The summed E-state index contributed by atoms with van der Waals surface area (Å²) in [6, 6.07) is 1.90. The van der Waals surface area contributed by atoms with E-state index in [2.05, 4.69) is 15.5 Å². The molecule has 2 rings (SSSR count). The summed E-state index contributed by atoms with van der Waals surface area (Å²) in [5, 5.41) is 14.7. The van der Waals surface area contributed by atoms with Crippen molar-refractivity contribution in [3.63, 3.8) is 0 Å². The van der Waals surface area contributed by atoms with Gasteiger partial charge in [0.1, 0.15) is 0 Å². The summed E-state index contributed by atoms with van der Waals surface area (Å²) in [6.45, 7) is 8.09. The number of hydrogen-bond donors (Lipinski definition) is 1. The largest absolute Gasteiger partial charge is 0.421 e. The van der Waals surface area contributed by atoms with Gasteiger partial charge >= 0.3 is 0 Å². The van der Waals surface area contributed by atoms with Gasteiger partial charge in [0.05, 0.1) is 6.54 Å². The Morgan fingerprint density at radius 1 is 1.32 bits per heavy atom. The van der Waals surface area contributed by atoms with Gasteiger partial charge in [-0.3, -0.25) is 9.59 Å². The first kappa shape index (κ1) is 19.1. The van der Waals surface area contributed by atoms with Crippen molar-refractivity contribution in [2.75, 3.05) is 13.1 Å². The molecule has 136 valence electrons. The van der Waals surface area contributed by atoms with Gasteiger partial charge < -0.3 is 14.6 Å². The summed E-state index contributed by atoms with van der Waals surface area (Å²) in [7, 11) is 0. The summed E-state index contributed by atoms with van der Waals surface area (Å²) in [6.07, 6.45) is 0.579. The van der Waals surface area contributed by atoms with Crippen LogP contribution in [0.25, 0.3) is 11.5 Å². The highest BCUT2D eigenvalue weighted by atomic mass is 32.1. The molecule has 0 fully saturated rings. The number of likely N-dealkylation sites (N-methyl/N-ethyl adjacent to an activating group) is 1. The van der Waals surface area contributed by atoms with Gasteiger partial charge in [-0.1, -0.05) is 0 Å². The highest BCUT2D eigenvalue weighted by molar-refractivity contribution is 7.08. The molecule has 0 aliphatic carbocycles. The molecule has 0 atom stereocenters. The number of carbonyl (C=O) groups is 2. The first-order chi connectivity index (χ1) is 11.8. The van der Waals surface area contributed by atoms with E-state index in [9.17, 15) is 9.59 Å². The number of amides is 2. The molecule has 0 aromatic carbocycles. The van der Waals surface area contributed by atoms with Crippen molar-refractivity contribution in [1.29, 1.82) is 0 Å². The van der Waals surface area contributed by atoms with E-state index >= 15 is 0 Å². The number of hydrogen-bond acceptors (Lipinski definition) is 6. The van der Waals surface area contributed by atoms with E-state index in [0.29, 0.717) is 24.7 Å². The molecule has 25 heavy (non-hydrogen) atoms. The fourth-order valence-electron chi connectivity index (χ4n) is 2.24. The minimum Gasteiger partial charge on any atom is -0.421 e. The number of aryl methyl sites for hydroxylation is 1. The van der Waals surface area contributed by atoms with Gasteiger partial charge in [-0.25, -0.2) is 0 Å². The molecule has 2 aromatic rings. The predicted octanol–water partition coefficient (Wildman–Crippen LogP) is 2.49. The van der Waals surface area contributed by atoms with Crippen LogP contribution in [0, 0.1) is 0 Å². The molecule has 8 heteroatoms. The van der Waals surface area contributed by atoms with Crippen LogP contribution in [0.15, 0.2) is 21.2 Å². The van der Waals surface area contributed by atoms with E-state index in [-0.39, 0.29) is 30.3 Å². The molecule has 7 nitrogen and oxygen atoms in total. The van der Waals surface area contributed by atoms with Crippen LogP contribution < -0.4 is 5.32 Å². The molecular formula is C17H24N4O3S. The maximum Gasteiger partial charge on any atom is 0.248 e. The molecule has 0 bridgehead atoms. The third-order valence-corrected chi connectivity index (χ3v) is 4.05. The summed E-state index contributed by atoms with van der Waals surface area (Å²) in [4.78, 5) is 25.9. The zero-order chi connectivity index (χ0) is 18.4. The second kappa shape index (κ2) is 8.24. The monoisotopic (exact) mass is 364 g/mol. The fourth-order valence-corrected chi connectivity index (χ4v) is 2.87. The Hall–Kier alpha value is -2.22. The standard InChI is InChI=1S/C17H24N4O3S/c1-5-21(10-13(22)18-17(2,3)4)15(23)7-6-14-19-20-16(24-14)12-8-9-25-11-12/h8-9,11H,5-7,10H2,1-4H3,(H,18,22). The number of aromatic nitrogens is 2. The van der Waals surface area contributed by atoms with Crippen LogP contribution in [0.3, 0.4) is 0 Å². The molecule has 0 aliphatic heterocycles. The highest BCUT2D eigenvalue weighted by Gasteiger charge is 2.20. The van der Waals surface area contributed by atoms with Gasteiger partial charge in [-0.15, -0.1) is 10.2 Å². The van der Waals surface area contributed by atoms with Gasteiger partial charge in [-0.05, 0) is 39.1 Å². The fraction of sp³-hybridized carbons (Fsp3) is 0.529. The minimum atomic E-state index is -0.318. The Bertz CT molecular complexity index is 704. The van der Waals surface area contributed by atoms with Gasteiger partial charge in [0.25, 0.3) is 0 Å². The molecule has 2 heterocycles. The number of nitrogens with zero attached hydrogens (tertiary/aromatic N) is 3. The SMILES string of the molecule is CCN(CC(=O)NC(C)(C)C)C(=O)CCc1nnc(-c2ccsc2)o1. The lowest BCUT2D eigenvalue weighted by Crippen LogP contribution is -2.47. The average Bonchev–Trinajstić information content (AvgIpc) is 3.19. The lowest BCUT2D eigenvalue weighted by Gasteiger charge is -2.25. The predicted molar refractivity (Wildman–Crippen MR) is 96.1 cm³/mol. The molecule has 0 saturated carbocycles. The minimum absolute atomic E-state index is 0.0522. The Morgan fingerprint density at radius 3 is 2.68 bits per heavy atom. The number of rotatable bonds is 7. The summed E-state index contributed by atoms with van der Waals surface area (Å²) in [5.41, 5.74) is 0.561. The zero-order valence-electron chi connectivity index (χ0n) is 15.0. The van der Waals surface area contributed by atoms with Crippen molar-refractivity contribution >= 4 is 23.2 Å². The van der Waals surface area contributed by atoms with Crippen LogP contribution in [-0.4, -0.2) is 45.5 Å². The van der Waals surface area contributed by atoms with Crippen LogP contribution in [0.1, 0.15) is 40.0 Å². The van der Waals surface area contributed by atoms with E-state index in [1.165, 1.54) is 4.90 Å². The smallest absolute Gasteiger partial charge is 0.248 e. The summed E-state index contributed by atoms with van der Waals surface area (Å²) in [5.74, 6) is 0.604. The zero-order valence-corrected chi connectivity index (χ0v) is 15.9. The van der Waals surface area contributed by atoms with E-state index in [0.717, 1.165) is 5.56 Å². The first-order valence-electron chi connectivity index (χ1n) is 8.22. The third-order valence-electron chi connectivity index (χ3n) is 3.37. The lowest BCUT2D eigenvalue weighted by atomic mass is 10.1. The molecule has 0 radical (unpaired) electrons. The van der Waals surface area contributed by atoms with E-state index in [1.807, 2.05) is 44.5 Å². The molecule has 0 saturated heterocycles. The van der Waals surface area contributed by atoms with Crippen LogP contribution in [-0.2, 0) is 16.0 Å². The summed E-state index contributed by atoms with van der Waals surface area (Å²) >= 11 is 1.55. The molecule has 0 unspecified atom stereocenters. The van der Waals surface area contributed by atoms with Crippen molar-refractivity contribution in [3.05, 3.63) is 22.7 Å². The topological polar surface area (TPSA) is 88.3 Å². The number of thiophene rings is 1. The quantitative estimate of drug-likeness (QED) is 0.815. The highest BCUT2D eigenvalue weighted by Crippen LogP contribution is 2.20. The normalized spacial score (nSPS) is 11.4. The van der Waals surface area contributed by atoms with Gasteiger partial charge in [0.2, 0.25) is 23.6 Å². The van der Waals surface area contributed by atoms with E-state index in [1.54, 1.807) is 11.3 Å². The van der Waals surface area contributed by atoms with Gasteiger partial charge in [0.15, 0.2) is 0 Å². The van der Waals surface area contributed by atoms with Crippen LogP contribution in [0.2, 0.25) is 0 Å². The maximum atomic E-state index is 12.3. The molecule has 1 N–H and O–H groups in total. The van der Waals surface area contributed by atoms with Crippen molar-refractivity contribution in [2.24, 2.45) is 0 Å². The van der Waals surface area contributed by atoms with Gasteiger partial charge in [0, 0.05) is 35.9 Å². The van der Waals surface area contributed by atoms with Gasteiger partial charge in [-0.2, -0.15) is 11.3 Å². The Morgan fingerprint density at radius 2 is 2.08 bits per heavy atom. The van der Waals surface area contributed by atoms with Crippen molar-refractivity contribution in [3.8, 4) is 11.5 Å². The van der Waals surface area contributed by atoms with Crippen LogP contribution in [0.5, 0.6) is 0 Å². The molecule has 2 amide bonds. The second-order valence-electron chi connectivity index (χ2n) is 6.72. The van der Waals surface area contributed by atoms with Crippen molar-refractivity contribution in [1.82, 2.24) is 20.4 Å². The lowest BCUT2D eigenvalue weighted by molar-refractivity contribution is -0.136. The first-order valence-corrected chi connectivity index (χ1v) is 9.16. The van der Waals surface area contributed by atoms with Crippen molar-refractivity contribution in [2.45, 2.75) is 46.1 Å². The molecule has 0 spiro atoms. The molecular weight excluding hydrogens is 340 g/mol. The average molecular weight is 364 g/mol. The van der Waals surface area contributed by atoms with Crippen molar-refractivity contribution < 1.29 is 14.0 Å². The summed E-state index contributed by atoms with van der Waals surface area (Å²) < 4.78 is 5.57.